The molecule has 1 rings (SSSR count). The second-order valence-corrected chi connectivity index (χ2v) is 6.22. The van der Waals surface area contributed by atoms with Gasteiger partial charge in [-0.15, -0.1) is 0 Å². The Hall–Kier alpha value is -1.96. The van der Waals surface area contributed by atoms with Crippen LogP contribution in [0.15, 0.2) is 18.2 Å². The molecule has 0 saturated heterocycles. The van der Waals surface area contributed by atoms with Gasteiger partial charge >= 0.3 is 11.9 Å². The molecule has 20 heavy (non-hydrogen) atoms. The molecule has 0 saturated carbocycles. The molecule has 0 fully saturated rings. The van der Waals surface area contributed by atoms with E-state index in [1.54, 1.807) is 0 Å². The summed E-state index contributed by atoms with van der Waals surface area (Å²) in [5.74, 6) is -3.97. The summed E-state index contributed by atoms with van der Waals surface area (Å²) in [6.45, 7) is 0. The minimum absolute atomic E-state index is 0.123. The summed E-state index contributed by atoms with van der Waals surface area (Å²) in [6, 6.07) is 3.09. The average molecular weight is 304 g/mol. The molecule has 0 aliphatic heterocycles. The number of carbonyl (C=O) groups excluding carboxylic acids is 1. The molecule has 1 N–H and O–H groups in total. The van der Waals surface area contributed by atoms with Crippen LogP contribution in [0.25, 0.3) is 0 Å². The Balaban J connectivity index is 2.80. The number of methoxy groups -OCH3 is 1. The van der Waals surface area contributed by atoms with Gasteiger partial charge in [0.05, 0.1) is 30.6 Å². The summed E-state index contributed by atoms with van der Waals surface area (Å²) in [6.07, 6.45) is -0.283. The zero-order valence-corrected chi connectivity index (χ0v) is 11.4. The zero-order valence-electron chi connectivity index (χ0n) is 10.6. The lowest BCUT2D eigenvalue weighted by atomic mass is 10.1. The quantitative estimate of drug-likeness (QED) is 0.787. The number of carboxylic acid groups (broad SMARTS) is 1. The van der Waals surface area contributed by atoms with E-state index in [1.165, 1.54) is 6.07 Å². The summed E-state index contributed by atoms with van der Waals surface area (Å²) in [4.78, 5) is 21.5. The lowest BCUT2D eigenvalue weighted by molar-refractivity contribution is -0.140. The normalized spacial score (nSPS) is 11.1. The number of rotatable bonds is 6. The standard InChI is InChI=1S/C12H13FO6S/c1-19-11(14)4-5-20(17,18)7-8-2-3-9(12(15)16)10(13)6-8/h2-3,6H,4-5,7H2,1H3,(H,15,16). The van der Waals surface area contributed by atoms with Crippen LogP contribution in [0.2, 0.25) is 0 Å². The number of ether oxygens (including phenoxy) is 1. The van der Waals surface area contributed by atoms with Crippen LogP contribution in [-0.4, -0.2) is 38.3 Å². The zero-order chi connectivity index (χ0) is 15.3. The van der Waals surface area contributed by atoms with Gasteiger partial charge in [-0.25, -0.2) is 17.6 Å². The van der Waals surface area contributed by atoms with Gasteiger partial charge < -0.3 is 9.84 Å². The van der Waals surface area contributed by atoms with Crippen LogP contribution in [0.5, 0.6) is 0 Å². The maximum Gasteiger partial charge on any atom is 0.338 e. The molecule has 6 nitrogen and oxygen atoms in total. The van der Waals surface area contributed by atoms with Crippen LogP contribution < -0.4 is 0 Å². The monoisotopic (exact) mass is 304 g/mol. The second-order valence-electron chi connectivity index (χ2n) is 4.04. The van der Waals surface area contributed by atoms with Gasteiger partial charge in [0, 0.05) is 0 Å². The molecular formula is C12H13FO6S. The molecule has 0 aliphatic carbocycles. The van der Waals surface area contributed by atoms with Gasteiger partial charge in [-0.2, -0.15) is 0 Å². The third-order valence-corrected chi connectivity index (χ3v) is 4.09. The van der Waals surface area contributed by atoms with Gasteiger partial charge in [0.25, 0.3) is 0 Å². The van der Waals surface area contributed by atoms with Crippen LogP contribution in [-0.2, 0) is 25.1 Å². The molecule has 0 radical (unpaired) electrons. The van der Waals surface area contributed by atoms with Crippen molar-refractivity contribution in [2.75, 3.05) is 12.9 Å². The average Bonchev–Trinajstić information content (AvgIpc) is 2.35. The first-order valence-electron chi connectivity index (χ1n) is 5.54. The van der Waals surface area contributed by atoms with Crippen molar-refractivity contribution in [2.45, 2.75) is 12.2 Å². The van der Waals surface area contributed by atoms with Crippen molar-refractivity contribution < 1.29 is 32.2 Å². The highest BCUT2D eigenvalue weighted by molar-refractivity contribution is 7.90. The Morgan fingerprint density at radius 2 is 2.00 bits per heavy atom. The Bertz CT molecular complexity index is 623. The molecule has 0 unspecified atom stereocenters. The molecule has 0 heterocycles. The van der Waals surface area contributed by atoms with Crippen molar-refractivity contribution in [1.82, 2.24) is 0 Å². The minimum atomic E-state index is -3.60. The van der Waals surface area contributed by atoms with Gasteiger partial charge in [0.15, 0.2) is 9.84 Å². The first-order chi connectivity index (χ1) is 9.25. The lowest BCUT2D eigenvalue weighted by Crippen LogP contribution is -2.14. The number of hydrogen-bond acceptors (Lipinski definition) is 5. The van der Waals surface area contributed by atoms with E-state index in [1.807, 2.05) is 0 Å². The van der Waals surface area contributed by atoms with E-state index >= 15 is 0 Å². The van der Waals surface area contributed by atoms with Gasteiger partial charge in [-0.05, 0) is 17.7 Å². The topological polar surface area (TPSA) is 97.7 Å². The van der Waals surface area contributed by atoms with E-state index in [2.05, 4.69) is 4.74 Å². The third kappa shape index (κ3) is 4.61. The second kappa shape index (κ2) is 6.47. The van der Waals surface area contributed by atoms with Gasteiger partial charge in [0.1, 0.15) is 5.82 Å². The van der Waals surface area contributed by atoms with Gasteiger partial charge in [-0.3, -0.25) is 4.79 Å². The van der Waals surface area contributed by atoms with Crippen molar-refractivity contribution in [3.8, 4) is 0 Å². The Kier molecular flexibility index (Phi) is 5.20. The maximum atomic E-state index is 13.4. The van der Waals surface area contributed by atoms with Crippen molar-refractivity contribution in [2.24, 2.45) is 0 Å². The summed E-state index contributed by atoms with van der Waals surface area (Å²) in [5.41, 5.74) is -0.405. The van der Waals surface area contributed by atoms with Crippen LogP contribution in [0.1, 0.15) is 22.3 Å². The molecule has 110 valence electrons. The Labute approximate surface area is 115 Å². The molecular weight excluding hydrogens is 291 g/mol. The van der Waals surface area contributed by atoms with Crippen LogP contribution in [0, 0.1) is 5.82 Å². The largest absolute Gasteiger partial charge is 0.478 e. The van der Waals surface area contributed by atoms with E-state index in [4.69, 9.17) is 5.11 Å². The fourth-order valence-electron chi connectivity index (χ4n) is 1.49. The third-order valence-electron chi connectivity index (χ3n) is 2.50. The summed E-state index contributed by atoms with van der Waals surface area (Å²) < 4.78 is 41.1. The highest BCUT2D eigenvalue weighted by Gasteiger charge is 2.17. The smallest absolute Gasteiger partial charge is 0.338 e. The lowest BCUT2D eigenvalue weighted by Gasteiger charge is -2.05. The van der Waals surface area contributed by atoms with Crippen molar-refractivity contribution in [3.05, 3.63) is 35.1 Å². The molecule has 8 heteroatoms. The first kappa shape index (κ1) is 16.1. The highest BCUT2D eigenvalue weighted by atomic mass is 32.2. The van der Waals surface area contributed by atoms with Gasteiger partial charge in [-0.1, -0.05) is 6.07 Å². The first-order valence-corrected chi connectivity index (χ1v) is 7.36. The minimum Gasteiger partial charge on any atom is -0.478 e. The fraction of sp³-hybridized carbons (Fsp3) is 0.333. The van der Waals surface area contributed by atoms with E-state index in [9.17, 15) is 22.4 Å². The number of carbonyl (C=O) groups is 2. The predicted molar refractivity (Wildman–Crippen MR) is 67.5 cm³/mol. The van der Waals surface area contributed by atoms with Gasteiger partial charge in [0.2, 0.25) is 0 Å². The number of halogens is 1. The molecule has 0 aliphatic rings. The predicted octanol–water partition coefficient (Wildman–Crippen LogP) is 1.00. The molecule has 0 aromatic heterocycles. The number of hydrogen-bond donors (Lipinski definition) is 1. The molecule has 1 aromatic rings. The number of carboxylic acids is 1. The number of sulfone groups is 1. The molecule has 0 atom stereocenters. The molecule has 1 aromatic carbocycles. The number of esters is 1. The van der Waals surface area contributed by atoms with E-state index in [-0.39, 0.29) is 12.0 Å². The SMILES string of the molecule is COC(=O)CCS(=O)(=O)Cc1ccc(C(=O)O)c(F)c1. The summed E-state index contributed by atoms with van der Waals surface area (Å²) in [5, 5.41) is 8.65. The maximum absolute atomic E-state index is 13.4. The van der Waals surface area contributed by atoms with Crippen molar-refractivity contribution in [1.29, 1.82) is 0 Å². The van der Waals surface area contributed by atoms with Crippen LogP contribution in [0.3, 0.4) is 0 Å². The van der Waals surface area contributed by atoms with E-state index < -0.39 is 44.7 Å². The van der Waals surface area contributed by atoms with Crippen LogP contribution in [0.4, 0.5) is 4.39 Å². The highest BCUT2D eigenvalue weighted by Crippen LogP contribution is 2.14. The van der Waals surface area contributed by atoms with Crippen molar-refractivity contribution >= 4 is 21.8 Å². The molecule has 0 spiro atoms. The summed E-state index contributed by atoms with van der Waals surface area (Å²) in [7, 11) is -2.46. The molecule has 0 amide bonds. The summed E-state index contributed by atoms with van der Waals surface area (Å²) >= 11 is 0. The fourth-order valence-corrected chi connectivity index (χ4v) is 2.80. The Morgan fingerprint density at radius 1 is 1.35 bits per heavy atom. The Morgan fingerprint density at radius 3 is 2.50 bits per heavy atom. The number of benzene rings is 1. The molecule has 0 bridgehead atoms. The number of aromatic carboxylic acids is 1. The van der Waals surface area contributed by atoms with E-state index in [0.29, 0.717) is 0 Å². The van der Waals surface area contributed by atoms with E-state index in [0.717, 1.165) is 19.2 Å². The van der Waals surface area contributed by atoms with Crippen molar-refractivity contribution in [3.63, 3.8) is 0 Å². The van der Waals surface area contributed by atoms with Crippen LogP contribution >= 0.6 is 0 Å².